The Morgan fingerprint density at radius 2 is 2.12 bits per heavy atom. The van der Waals surface area contributed by atoms with E-state index < -0.39 is 30.3 Å². The third-order valence-corrected chi connectivity index (χ3v) is 2.06. The largest absolute Gasteiger partial charge is 0.416 e. The predicted molar refractivity (Wildman–Crippen MR) is 55.1 cm³/mol. The molecule has 17 heavy (non-hydrogen) atoms. The second kappa shape index (κ2) is 5.05. The molecule has 0 aliphatic heterocycles. The maximum Gasteiger partial charge on any atom is 0.416 e. The Morgan fingerprint density at radius 1 is 1.47 bits per heavy atom. The van der Waals surface area contributed by atoms with Gasteiger partial charge in [-0.3, -0.25) is 4.79 Å². The van der Waals surface area contributed by atoms with E-state index in [4.69, 9.17) is 10.8 Å². The summed E-state index contributed by atoms with van der Waals surface area (Å²) in [6.45, 7) is -0.592. The van der Waals surface area contributed by atoms with E-state index in [1.807, 2.05) is 0 Å². The van der Waals surface area contributed by atoms with Gasteiger partial charge in [0, 0.05) is 5.69 Å². The minimum absolute atomic E-state index is 0.0673. The standard InChI is InChI=1S/C10H11F3N2O2/c11-10(12,13)6-2-1-3-7(4-6)15-8(5-16)9(14)17/h1-4,8,15-16H,5H2,(H2,14,17)/t8-/m0/s1. The minimum atomic E-state index is -4.46. The van der Waals surface area contributed by atoms with Crippen molar-refractivity contribution >= 4 is 11.6 Å². The van der Waals surface area contributed by atoms with Gasteiger partial charge in [-0.25, -0.2) is 0 Å². The Morgan fingerprint density at radius 3 is 2.59 bits per heavy atom. The summed E-state index contributed by atoms with van der Waals surface area (Å²) < 4.78 is 37.1. The summed E-state index contributed by atoms with van der Waals surface area (Å²) in [5.41, 5.74) is 4.16. The normalized spacial score (nSPS) is 13.2. The maximum atomic E-state index is 12.4. The molecule has 4 nitrogen and oxygen atoms in total. The molecular formula is C10H11F3N2O2. The number of nitrogens with one attached hydrogen (secondary N) is 1. The third kappa shape index (κ3) is 3.63. The van der Waals surface area contributed by atoms with Crippen LogP contribution in [0.4, 0.5) is 18.9 Å². The van der Waals surface area contributed by atoms with Crippen molar-refractivity contribution < 1.29 is 23.1 Å². The summed E-state index contributed by atoms with van der Waals surface area (Å²) in [5, 5.41) is 11.2. The van der Waals surface area contributed by atoms with Gasteiger partial charge in [-0.15, -0.1) is 0 Å². The molecule has 0 bridgehead atoms. The first kappa shape index (κ1) is 13.3. The molecule has 7 heteroatoms. The van der Waals surface area contributed by atoms with Crippen LogP contribution in [0, 0.1) is 0 Å². The minimum Gasteiger partial charge on any atom is -0.394 e. The first-order valence-electron chi connectivity index (χ1n) is 4.68. The number of primary amides is 1. The molecule has 0 aliphatic carbocycles. The van der Waals surface area contributed by atoms with Crippen molar-refractivity contribution in [3.8, 4) is 0 Å². The van der Waals surface area contributed by atoms with E-state index in [-0.39, 0.29) is 5.69 Å². The Labute approximate surface area is 95.2 Å². The van der Waals surface area contributed by atoms with Crippen LogP contribution in [-0.4, -0.2) is 23.7 Å². The number of amides is 1. The molecule has 0 aliphatic rings. The topological polar surface area (TPSA) is 75.4 Å². The van der Waals surface area contributed by atoms with Crippen molar-refractivity contribution in [2.45, 2.75) is 12.2 Å². The van der Waals surface area contributed by atoms with Gasteiger partial charge >= 0.3 is 6.18 Å². The summed E-state index contributed by atoms with van der Waals surface area (Å²) in [4.78, 5) is 10.8. The monoisotopic (exact) mass is 248 g/mol. The van der Waals surface area contributed by atoms with E-state index in [0.717, 1.165) is 12.1 Å². The molecule has 1 aromatic rings. The van der Waals surface area contributed by atoms with Gasteiger partial charge in [0.1, 0.15) is 6.04 Å². The quantitative estimate of drug-likeness (QED) is 0.743. The van der Waals surface area contributed by atoms with Crippen LogP contribution in [-0.2, 0) is 11.0 Å². The SMILES string of the molecule is NC(=O)[C@H](CO)Nc1cccc(C(F)(F)F)c1. The summed E-state index contributed by atoms with van der Waals surface area (Å²) in [6.07, 6.45) is -4.46. The van der Waals surface area contributed by atoms with Crippen LogP contribution in [0.15, 0.2) is 24.3 Å². The summed E-state index contributed by atoms with van der Waals surface area (Å²) in [6, 6.07) is 3.18. The highest BCUT2D eigenvalue weighted by atomic mass is 19.4. The van der Waals surface area contributed by atoms with Crippen molar-refractivity contribution in [2.75, 3.05) is 11.9 Å². The summed E-state index contributed by atoms with van der Waals surface area (Å²) in [5.74, 6) is -0.843. The number of carbonyl (C=O) groups excluding carboxylic acids is 1. The molecule has 0 saturated carbocycles. The molecule has 4 N–H and O–H groups in total. The van der Waals surface area contributed by atoms with Crippen LogP contribution in [0.5, 0.6) is 0 Å². The van der Waals surface area contributed by atoms with Crippen LogP contribution < -0.4 is 11.1 Å². The number of hydrogen-bond donors (Lipinski definition) is 3. The van der Waals surface area contributed by atoms with Crippen molar-refractivity contribution in [3.05, 3.63) is 29.8 Å². The molecule has 0 aromatic heterocycles. The van der Waals surface area contributed by atoms with Crippen molar-refractivity contribution in [1.82, 2.24) is 0 Å². The predicted octanol–water partition coefficient (Wildman–Crippen LogP) is 0.963. The number of aliphatic hydroxyl groups excluding tert-OH is 1. The van der Waals surface area contributed by atoms with Crippen molar-refractivity contribution in [2.24, 2.45) is 5.73 Å². The molecule has 0 spiro atoms. The van der Waals surface area contributed by atoms with E-state index in [9.17, 15) is 18.0 Å². The first-order chi connectivity index (χ1) is 7.84. The molecule has 94 valence electrons. The van der Waals surface area contributed by atoms with Gasteiger partial charge in [-0.05, 0) is 18.2 Å². The fourth-order valence-corrected chi connectivity index (χ4v) is 1.19. The Balaban J connectivity index is 2.89. The van der Waals surface area contributed by atoms with Crippen LogP contribution in [0.25, 0.3) is 0 Å². The van der Waals surface area contributed by atoms with Crippen LogP contribution in [0.1, 0.15) is 5.56 Å². The number of rotatable bonds is 4. The van der Waals surface area contributed by atoms with Crippen LogP contribution in [0.3, 0.4) is 0 Å². The van der Waals surface area contributed by atoms with E-state index in [2.05, 4.69) is 5.32 Å². The number of halogens is 3. The van der Waals surface area contributed by atoms with Gasteiger partial charge in [-0.2, -0.15) is 13.2 Å². The molecule has 0 heterocycles. The highest BCUT2D eigenvalue weighted by molar-refractivity contribution is 5.83. The van der Waals surface area contributed by atoms with Gasteiger partial charge < -0.3 is 16.2 Å². The molecule has 1 aromatic carbocycles. The summed E-state index contributed by atoms with van der Waals surface area (Å²) >= 11 is 0. The molecule has 1 amide bonds. The lowest BCUT2D eigenvalue weighted by Crippen LogP contribution is -2.38. The van der Waals surface area contributed by atoms with Crippen LogP contribution in [0.2, 0.25) is 0 Å². The zero-order chi connectivity index (χ0) is 13.1. The molecule has 0 saturated heterocycles. The maximum absolute atomic E-state index is 12.4. The fourth-order valence-electron chi connectivity index (χ4n) is 1.19. The van der Waals surface area contributed by atoms with Crippen molar-refractivity contribution in [3.63, 3.8) is 0 Å². The number of anilines is 1. The Hall–Kier alpha value is -1.76. The zero-order valence-corrected chi connectivity index (χ0v) is 8.66. The molecule has 1 rings (SSSR count). The van der Waals surface area contributed by atoms with Gasteiger partial charge in [-0.1, -0.05) is 6.07 Å². The van der Waals surface area contributed by atoms with E-state index in [1.54, 1.807) is 0 Å². The van der Waals surface area contributed by atoms with Crippen molar-refractivity contribution in [1.29, 1.82) is 0 Å². The lowest BCUT2D eigenvalue weighted by Gasteiger charge is -2.15. The van der Waals surface area contributed by atoms with Gasteiger partial charge in [0.05, 0.1) is 12.2 Å². The number of benzene rings is 1. The molecule has 1 atom stereocenters. The number of hydrogen-bond acceptors (Lipinski definition) is 3. The van der Waals surface area contributed by atoms with Gasteiger partial charge in [0.2, 0.25) is 5.91 Å². The number of alkyl halides is 3. The Bertz CT molecular complexity index is 407. The molecule has 0 unspecified atom stereocenters. The summed E-state index contributed by atoms with van der Waals surface area (Å²) in [7, 11) is 0. The highest BCUT2D eigenvalue weighted by Crippen LogP contribution is 2.30. The molecular weight excluding hydrogens is 237 g/mol. The lowest BCUT2D eigenvalue weighted by molar-refractivity contribution is -0.137. The second-order valence-corrected chi connectivity index (χ2v) is 3.36. The average molecular weight is 248 g/mol. The number of nitrogens with two attached hydrogens (primary N) is 1. The first-order valence-corrected chi connectivity index (χ1v) is 4.68. The smallest absolute Gasteiger partial charge is 0.394 e. The molecule has 0 fully saturated rings. The van der Waals surface area contributed by atoms with E-state index >= 15 is 0 Å². The number of aliphatic hydroxyl groups is 1. The average Bonchev–Trinajstić information content (AvgIpc) is 2.24. The van der Waals surface area contributed by atoms with Gasteiger partial charge in [0.15, 0.2) is 0 Å². The van der Waals surface area contributed by atoms with E-state index in [1.165, 1.54) is 12.1 Å². The van der Waals surface area contributed by atoms with Gasteiger partial charge in [0.25, 0.3) is 0 Å². The third-order valence-electron chi connectivity index (χ3n) is 2.06. The number of carbonyl (C=O) groups is 1. The van der Waals surface area contributed by atoms with E-state index in [0.29, 0.717) is 0 Å². The highest BCUT2D eigenvalue weighted by Gasteiger charge is 2.30. The Kier molecular flexibility index (Phi) is 3.95. The fraction of sp³-hybridized carbons (Fsp3) is 0.300. The van der Waals surface area contributed by atoms with Crippen LogP contribution >= 0.6 is 0 Å². The second-order valence-electron chi connectivity index (χ2n) is 3.36. The zero-order valence-electron chi connectivity index (χ0n) is 8.66. The lowest BCUT2D eigenvalue weighted by atomic mass is 10.2. The molecule has 0 radical (unpaired) electrons.